The van der Waals surface area contributed by atoms with E-state index in [1.165, 1.54) is 0 Å². The fourth-order valence-corrected chi connectivity index (χ4v) is 1.39. The summed E-state index contributed by atoms with van der Waals surface area (Å²) in [5.41, 5.74) is 1.15. The van der Waals surface area contributed by atoms with Crippen LogP contribution in [-0.2, 0) is 11.3 Å². The molecule has 0 saturated carbocycles. The molecule has 0 aromatic heterocycles. The van der Waals surface area contributed by atoms with Gasteiger partial charge in [-0.05, 0) is 19.5 Å². The summed E-state index contributed by atoms with van der Waals surface area (Å²) in [5, 5.41) is 2.94. The lowest BCUT2D eigenvalue weighted by atomic mass is 10.2. The molecule has 0 heterocycles. The van der Waals surface area contributed by atoms with E-state index in [1.54, 1.807) is 11.9 Å². The fourth-order valence-electron chi connectivity index (χ4n) is 1.39. The number of rotatable bonds is 4. The molecule has 1 N–H and O–H groups in total. The van der Waals surface area contributed by atoms with Gasteiger partial charge in [-0.15, -0.1) is 12.4 Å². The van der Waals surface area contributed by atoms with Gasteiger partial charge < -0.3 is 10.2 Å². The molecule has 0 radical (unpaired) electrons. The summed E-state index contributed by atoms with van der Waals surface area (Å²) in [6.45, 7) is 2.52. The van der Waals surface area contributed by atoms with Crippen LogP contribution in [0.1, 0.15) is 12.5 Å². The zero-order chi connectivity index (χ0) is 11.3. The van der Waals surface area contributed by atoms with Crippen molar-refractivity contribution in [2.45, 2.75) is 19.5 Å². The molecule has 0 fully saturated rings. The molecule has 0 spiro atoms. The number of nitrogens with one attached hydrogen (secondary N) is 1. The summed E-state index contributed by atoms with van der Waals surface area (Å²) >= 11 is 0. The Morgan fingerprint density at radius 1 is 1.38 bits per heavy atom. The molecule has 1 aromatic rings. The van der Waals surface area contributed by atoms with Crippen LogP contribution >= 0.6 is 12.4 Å². The number of hydrogen-bond acceptors (Lipinski definition) is 2. The van der Waals surface area contributed by atoms with Gasteiger partial charge in [0.1, 0.15) is 0 Å². The van der Waals surface area contributed by atoms with Crippen molar-refractivity contribution in [3.05, 3.63) is 35.9 Å². The van der Waals surface area contributed by atoms with Crippen molar-refractivity contribution < 1.29 is 4.79 Å². The number of likely N-dealkylation sites (N-methyl/N-ethyl adjacent to an activating group) is 2. The smallest absolute Gasteiger partial charge is 0.239 e. The number of carbonyl (C=O) groups is 1. The SMILES string of the molecule is CN[C@@H](C)C(=O)N(C)Cc1ccccc1.Cl. The van der Waals surface area contributed by atoms with Crippen LogP contribution < -0.4 is 5.32 Å². The number of halogens is 1. The molecule has 0 saturated heterocycles. The largest absolute Gasteiger partial charge is 0.340 e. The van der Waals surface area contributed by atoms with Crippen LogP contribution in [0.25, 0.3) is 0 Å². The van der Waals surface area contributed by atoms with Crippen LogP contribution in [-0.4, -0.2) is 30.9 Å². The summed E-state index contributed by atoms with van der Waals surface area (Å²) in [6.07, 6.45) is 0. The van der Waals surface area contributed by atoms with Crippen LogP contribution in [0.2, 0.25) is 0 Å². The highest BCUT2D eigenvalue weighted by atomic mass is 35.5. The highest BCUT2D eigenvalue weighted by Crippen LogP contribution is 2.03. The number of hydrogen-bond donors (Lipinski definition) is 1. The van der Waals surface area contributed by atoms with Gasteiger partial charge >= 0.3 is 0 Å². The Hall–Kier alpha value is -1.06. The second kappa shape index (κ2) is 7.25. The predicted octanol–water partition coefficient (Wildman–Crippen LogP) is 1.67. The molecule has 0 bridgehead atoms. The Morgan fingerprint density at radius 2 is 1.94 bits per heavy atom. The molecule has 3 nitrogen and oxygen atoms in total. The normalized spacial score (nSPS) is 11.4. The molecule has 0 unspecified atom stereocenters. The summed E-state index contributed by atoms with van der Waals surface area (Å²) in [6, 6.07) is 9.85. The molecule has 90 valence electrons. The zero-order valence-electron chi connectivity index (χ0n) is 9.93. The molecule has 0 aliphatic heterocycles. The maximum Gasteiger partial charge on any atom is 0.239 e. The van der Waals surface area contributed by atoms with Crippen LogP contribution in [0.15, 0.2) is 30.3 Å². The van der Waals surface area contributed by atoms with E-state index in [0.717, 1.165) is 5.56 Å². The summed E-state index contributed by atoms with van der Waals surface area (Å²) < 4.78 is 0. The minimum absolute atomic E-state index is 0. The maximum atomic E-state index is 11.7. The molecular formula is C12H19ClN2O. The van der Waals surface area contributed by atoms with Crippen molar-refractivity contribution in [3.8, 4) is 0 Å². The van der Waals surface area contributed by atoms with Gasteiger partial charge in [-0.1, -0.05) is 30.3 Å². The molecule has 0 aliphatic carbocycles. The minimum Gasteiger partial charge on any atom is -0.340 e. The average Bonchev–Trinajstić information content (AvgIpc) is 2.28. The van der Waals surface area contributed by atoms with Gasteiger partial charge in [0.05, 0.1) is 6.04 Å². The standard InChI is InChI=1S/C12H18N2O.ClH/c1-10(13-2)12(15)14(3)9-11-7-5-4-6-8-11;/h4-8,10,13H,9H2,1-3H3;1H/t10-;/m0./s1. The second-order valence-electron chi connectivity index (χ2n) is 3.69. The van der Waals surface area contributed by atoms with Crippen LogP contribution in [0.3, 0.4) is 0 Å². The summed E-state index contributed by atoms with van der Waals surface area (Å²) in [7, 11) is 3.61. The van der Waals surface area contributed by atoms with Crippen LogP contribution in [0.5, 0.6) is 0 Å². The van der Waals surface area contributed by atoms with Crippen LogP contribution in [0, 0.1) is 0 Å². The minimum atomic E-state index is -0.126. The average molecular weight is 243 g/mol. The monoisotopic (exact) mass is 242 g/mol. The Morgan fingerprint density at radius 3 is 2.44 bits per heavy atom. The van der Waals surface area contributed by atoms with Gasteiger partial charge in [-0.3, -0.25) is 4.79 Å². The lowest BCUT2D eigenvalue weighted by Crippen LogP contribution is -2.41. The van der Waals surface area contributed by atoms with Gasteiger partial charge in [0, 0.05) is 13.6 Å². The van der Waals surface area contributed by atoms with Gasteiger partial charge in [-0.2, -0.15) is 0 Å². The second-order valence-corrected chi connectivity index (χ2v) is 3.69. The van der Waals surface area contributed by atoms with Crippen molar-refractivity contribution in [2.24, 2.45) is 0 Å². The van der Waals surface area contributed by atoms with Crippen LogP contribution in [0.4, 0.5) is 0 Å². The topological polar surface area (TPSA) is 32.3 Å². The highest BCUT2D eigenvalue weighted by Gasteiger charge is 2.15. The highest BCUT2D eigenvalue weighted by molar-refractivity contribution is 5.85. The van der Waals surface area contributed by atoms with Gasteiger partial charge in [0.2, 0.25) is 5.91 Å². The number of amides is 1. The third-order valence-corrected chi connectivity index (χ3v) is 2.44. The van der Waals surface area contributed by atoms with Crippen molar-refractivity contribution in [2.75, 3.05) is 14.1 Å². The Kier molecular flexibility index (Phi) is 6.77. The molecule has 0 aliphatic rings. The number of nitrogens with zero attached hydrogens (tertiary/aromatic N) is 1. The first-order valence-electron chi connectivity index (χ1n) is 5.11. The molecule has 16 heavy (non-hydrogen) atoms. The van der Waals surface area contributed by atoms with E-state index in [4.69, 9.17) is 0 Å². The first-order valence-corrected chi connectivity index (χ1v) is 5.11. The Balaban J connectivity index is 0.00000225. The third-order valence-electron chi connectivity index (χ3n) is 2.44. The van der Waals surface area contributed by atoms with E-state index in [1.807, 2.05) is 44.3 Å². The molecule has 1 aromatic carbocycles. The first-order chi connectivity index (χ1) is 7.15. The lowest BCUT2D eigenvalue weighted by molar-refractivity contribution is -0.132. The van der Waals surface area contributed by atoms with Crippen molar-refractivity contribution in [1.29, 1.82) is 0 Å². The van der Waals surface area contributed by atoms with Gasteiger partial charge in [0.15, 0.2) is 0 Å². The van der Waals surface area contributed by atoms with E-state index in [2.05, 4.69) is 5.32 Å². The Labute approximate surface area is 103 Å². The Bertz CT molecular complexity index is 316. The number of carbonyl (C=O) groups excluding carboxylic acids is 1. The van der Waals surface area contributed by atoms with E-state index < -0.39 is 0 Å². The van der Waals surface area contributed by atoms with Gasteiger partial charge in [-0.25, -0.2) is 0 Å². The molecular weight excluding hydrogens is 224 g/mol. The first kappa shape index (κ1) is 14.9. The molecule has 1 atom stereocenters. The van der Waals surface area contributed by atoms with Crippen molar-refractivity contribution in [1.82, 2.24) is 10.2 Å². The molecule has 4 heteroatoms. The summed E-state index contributed by atoms with van der Waals surface area (Å²) in [5.74, 6) is 0.112. The molecule has 1 rings (SSSR count). The lowest BCUT2D eigenvalue weighted by Gasteiger charge is -2.21. The van der Waals surface area contributed by atoms with E-state index >= 15 is 0 Å². The van der Waals surface area contributed by atoms with E-state index in [0.29, 0.717) is 6.54 Å². The van der Waals surface area contributed by atoms with Crippen molar-refractivity contribution >= 4 is 18.3 Å². The number of benzene rings is 1. The predicted molar refractivity (Wildman–Crippen MR) is 68.7 cm³/mol. The fraction of sp³-hybridized carbons (Fsp3) is 0.417. The van der Waals surface area contributed by atoms with E-state index in [-0.39, 0.29) is 24.4 Å². The maximum absolute atomic E-state index is 11.7. The zero-order valence-corrected chi connectivity index (χ0v) is 10.8. The molecule has 1 amide bonds. The quantitative estimate of drug-likeness (QED) is 0.871. The third kappa shape index (κ3) is 4.21. The van der Waals surface area contributed by atoms with Crippen molar-refractivity contribution in [3.63, 3.8) is 0 Å². The summed E-state index contributed by atoms with van der Waals surface area (Å²) in [4.78, 5) is 13.5. The van der Waals surface area contributed by atoms with E-state index in [9.17, 15) is 4.79 Å². The van der Waals surface area contributed by atoms with Gasteiger partial charge in [0.25, 0.3) is 0 Å².